The molecule has 0 atom stereocenters. The minimum absolute atomic E-state index is 0.0286. The van der Waals surface area contributed by atoms with Crippen molar-refractivity contribution in [2.24, 2.45) is 0 Å². The van der Waals surface area contributed by atoms with Gasteiger partial charge in [0.15, 0.2) is 0 Å². The molecule has 0 aliphatic rings. The number of nitriles is 1. The Morgan fingerprint density at radius 1 is 1.64 bits per heavy atom. The summed E-state index contributed by atoms with van der Waals surface area (Å²) >= 11 is 0. The average Bonchev–Trinajstić information content (AvgIpc) is 2.01. The fraction of sp³-hybridized carbons (Fsp3) is 0.200. The number of carbonyl (C=O) groups is 1. The van der Waals surface area contributed by atoms with Crippen LogP contribution >= 0.6 is 0 Å². The van der Waals surface area contributed by atoms with Crippen molar-refractivity contribution in [3.05, 3.63) is 34.6 Å². The zero-order chi connectivity index (χ0) is 10.7. The van der Waals surface area contributed by atoms with Crippen LogP contribution in [-0.4, -0.2) is 11.1 Å². The summed E-state index contributed by atoms with van der Waals surface area (Å²) in [7, 11) is 0. The van der Waals surface area contributed by atoms with Gasteiger partial charge in [-0.1, -0.05) is 6.07 Å². The van der Waals surface area contributed by atoms with Crippen molar-refractivity contribution >= 4 is 5.97 Å². The second-order valence-electron chi connectivity index (χ2n) is 2.95. The molecule has 4 heteroatoms. The summed E-state index contributed by atoms with van der Waals surface area (Å²) in [5.41, 5.74) is 0.800. The molecule has 0 unspecified atom stereocenters. The van der Waals surface area contributed by atoms with Gasteiger partial charge >= 0.3 is 5.97 Å². The highest BCUT2D eigenvalue weighted by Crippen LogP contribution is 2.15. The van der Waals surface area contributed by atoms with E-state index in [1.807, 2.05) is 0 Å². The Morgan fingerprint density at radius 3 is 2.71 bits per heavy atom. The fourth-order valence-corrected chi connectivity index (χ4v) is 1.23. The van der Waals surface area contributed by atoms with Gasteiger partial charge in [0.2, 0.25) is 0 Å². The molecule has 1 rings (SSSR count). The molecule has 3 nitrogen and oxygen atoms in total. The lowest BCUT2D eigenvalue weighted by atomic mass is 10.0. The van der Waals surface area contributed by atoms with Crippen LogP contribution in [0.1, 0.15) is 16.7 Å². The first-order valence-electron chi connectivity index (χ1n) is 3.95. The topological polar surface area (TPSA) is 61.1 Å². The van der Waals surface area contributed by atoms with E-state index in [4.69, 9.17) is 10.4 Å². The minimum atomic E-state index is -1.02. The number of aryl methyl sites for hydroxylation is 1. The molecule has 0 radical (unpaired) electrons. The van der Waals surface area contributed by atoms with Gasteiger partial charge in [0.25, 0.3) is 0 Å². The molecule has 1 N–H and O–H groups in total. The van der Waals surface area contributed by atoms with Crippen molar-refractivity contribution in [3.63, 3.8) is 0 Å². The Morgan fingerprint density at radius 2 is 2.29 bits per heavy atom. The molecule has 0 saturated heterocycles. The minimum Gasteiger partial charge on any atom is -0.481 e. The summed E-state index contributed by atoms with van der Waals surface area (Å²) in [4.78, 5) is 10.4. The van der Waals surface area contributed by atoms with Crippen LogP contribution in [0.15, 0.2) is 12.1 Å². The van der Waals surface area contributed by atoms with E-state index in [9.17, 15) is 9.18 Å². The second-order valence-corrected chi connectivity index (χ2v) is 2.95. The van der Waals surface area contributed by atoms with Gasteiger partial charge in [-0.2, -0.15) is 5.26 Å². The van der Waals surface area contributed by atoms with Gasteiger partial charge in [0.1, 0.15) is 11.9 Å². The Balaban J connectivity index is 3.15. The summed E-state index contributed by atoms with van der Waals surface area (Å²) in [6.07, 6.45) is -0.233. The first kappa shape index (κ1) is 10.2. The van der Waals surface area contributed by atoms with Crippen molar-refractivity contribution in [1.82, 2.24) is 0 Å². The van der Waals surface area contributed by atoms with Crippen molar-refractivity contribution in [2.75, 3.05) is 0 Å². The number of benzene rings is 1. The number of carboxylic acids is 1. The average molecular weight is 193 g/mol. The van der Waals surface area contributed by atoms with Crippen LogP contribution in [0.3, 0.4) is 0 Å². The van der Waals surface area contributed by atoms with Gasteiger partial charge in [-0.15, -0.1) is 0 Å². The third-order valence-electron chi connectivity index (χ3n) is 1.81. The molecule has 0 fully saturated rings. The molecule has 14 heavy (non-hydrogen) atoms. The van der Waals surface area contributed by atoms with Gasteiger partial charge in [-0.25, -0.2) is 4.39 Å². The molecule has 1 aromatic carbocycles. The Kier molecular flexibility index (Phi) is 2.82. The van der Waals surface area contributed by atoms with Gasteiger partial charge in [-0.05, 0) is 24.1 Å². The van der Waals surface area contributed by atoms with Crippen LogP contribution in [-0.2, 0) is 11.2 Å². The number of hydrogen-bond donors (Lipinski definition) is 1. The van der Waals surface area contributed by atoms with E-state index in [0.717, 1.165) is 6.07 Å². The normalized spacial score (nSPS) is 9.50. The SMILES string of the molecule is Cc1cc(CC(=O)O)cc(F)c1C#N. The van der Waals surface area contributed by atoms with Crippen LogP contribution in [0.25, 0.3) is 0 Å². The lowest BCUT2D eigenvalue weighted by Gasteiger charge is -2.02. The predicted octanol–water partition coefficient (Wildman–Crippen LogP) is 1.63. The molecule has 0 heterocycles. The first-order valence-corrected chi connectivity index (χ1v) is 3.95. The smallest absolute Gasteiger partial charge is 0.307 e. The molecule has 0 saturated carbocycles. The molecular weight excluding hydrogens is 185 g/mol. The molecule has 0 spiro atoms. The number of aliphatic carboxylic acids is 1. The molecular formula is C10H8FNO2. The van der Waals surface area contributed by atoms with Gasteiger partial charge in [0, 0.05) is 0 Å². The van der Waals surface area contributed by atoms with E-state index in [0.29, 0.717) is 11.1 Å². The highest BCUT2D eigenvalue weighted by atomic mass is 19.1. The quantitative estimate of drug-likeness (QED) is 0.776. The van der Waals surface area contributed by atoms with E-state index in [2.05, 4.69) is 0 Å². The molecule has 0 aliphatic heterocycles. The Bertz CT molecular complexity index is 398. The number of nitrogens with zero attached hydrogens (tertiary/aromatic N) is 1. The van der Waals surface area contributed by atoms with Gasteiger partial charge in [-0.3, -0.25) is 4.79 Å². The maximum atomic E-state index is 13.1. The predicted molar refractivity (Wildman–Crippen MR) is 47.2 cm³/mol. The third kappa shape index (κ3) is 2.07. The van der Waals surface area contributed by atoms with Crippen LogP contribution in [0, 0.1) is 24.1 Å². The van der Waals surface area contributed by atoms with Crippen molar-refractivity contribution in [1.29, 1.82) is 5.26 Å². The summed E-state index contributed by atoms with van der Waals surface area (Å²) in [5, 5.41) is 17.1. The first-order chi connectivity index (χ1) is 6.54. The summed E-state index contributed by atoms with van der Waals surface area (Å²) in [6.45, 7) is 1.58. The maximum Gasteiger partial charge on any atom is 0.307 e. The van der Waals surface area contributed by atoms with Crippen molar-refractivity contribution in [2.45, 2.75) is 13.3 Å². The number of halogens is 1. The largest absolute Gasteiger partial charge is 0.481 e. The Labute approximate surface area is 80.4 Å². The monoisotopic (exact) mass is 193 g/mol. The van der Waals surface area contributed by atoms with Crippen LogP contribution < -0.4 is 0 Å². The van der Waals surface area contributed by atoms with Crippen molar-refractivity contribution in [3.8, 4) is 6.07 Å². The highest BCUT2D eigenvalue weighted by Gasteiger charge is 2.09. The summed E-state index contributed by atoms with van der Waals surface area (Å²) in [6, 6.07) is 4.31. The lowest BCUT2D eigenvalue weighted by molar-refractivity contribution is -0.136. The lowest BCUT2D eigenvalue weighted by Crippen LogP contribution is -2.02. The van der Waals surface area contributed by atoms with E-state index < -0.39 is 11.8 Å². The third-order valence-corrected chi connectivity index (χ3v) is 1.81. The number of carboxylic acid groups (broad SMARTS) is 1. The van der Waals surface area contributed by atoms with Crippen molar-refractivity contribution < 1.29 is 14.3 Å². The molecule has 0 amide bonds. The standard InChI is InChI=1S/C10H8FNO2/c1-6-2-7(4-10(13)14)3-9(11)8(6)5-12/h2-3H,4H2,1H3,(H,13,14). The van der Waals surface area contributed by atoms with Crippen LogP contribution in [0.4, 0.5) is 4.39 Å². The van der Waals surface area contributed by atoms with E-state index in [1.54, 1.807) is 13.0 Å². The zero-order valence-corrected chi connectivity index (χ0v) is 7.54. The summed E-state index contributed by atoms with van der Waals surface area (Å²) in [5.74, 6) is -1.68. The highest BCUT2D eigenvalue weighted by molar-refractivity contribution is 5.70. The maximum absolute atomic E-state index is 13.1. The van der Waals surface area contributed by atoms with E-state index >= 15 is 0 Å². The van der Waals surface area contributed by atoms with Crippen LogP contribution in [0.5, 0.6) is 0 Å². The van der Waals surface area contributed by atoms with Gasteiger partial charge in [0.05, 0.1) is 12.0 Å². The number of rotatable bonds is 2. The molecule has 0 bridgehead atoms. The fourth-order valence-electron chi connectivity index (χ4n) is 1.23. The molecule has 0 aromatic heterocycles. The van der Waals surface area contributed by atoms with E-state index in [1.165, 1.54) is 6.07 Å². The zero-order valence-electron chi connectivity index (χ0n) is 7.54. The molecule has 0 aliphatic carbocycles. The Hall–Kier alpha value is -1.89. The van der Waals surface area contributed by atoms with Crippen LogP contribution in [0.2, 0.25) is 0 Å². The molecule has 72 valence electrons. The summed E-state index contributed by atoms with van der Waals surface area (Å²) < 4.78 is 13.1. The number of hydrogen-bond acceptors (Lipinski definition) is 2. The second kappa shape index (κ2) is 3.88. The van der Waals surface area contributed by atoms with Gasteiger partial charge < -0.3 is 5.11 Å². The van der Waals surface area contributed by atoms with E-state index in [-0.39, 0.29) is 12.0 Å². The molecule has 1 aromatic rings.